The van der Waals surface area contributed by atoms with Gasteiger partial charge in [0.15, 0.2) is 5.60 Å². The van der Waals surface area contributed by atoms with Gasteiger partial charge in [0.1, 0.15) is 5.75 Å². The summed E-state index contributed by atoms with van der Waals surface area (Å²) in [5, 5.41) is 19.2. The molecule has 52 heavy (non-hydrogen) atoms. The number of aryl methyl sites for hydroxylation is 1. The molecule has 0 unspecified atom stereocenters. The molecular formula is C41H45N5O5Si. The number of para-hydroxylation sites is 2. The molecule has 5 aromatic rings. The van der Waals surface area contributed by atoms with E-state index in [0.29, 0.717) is 25.9 Å². The zero-order valence-corrected chi connectivity index (χ0v) is 31.1. The first-order valence-corrected chi connectivity index (χ1v) is 20.9. The summed E-state index contributed by atoms with van der Waals surface area (Å²) in [6.45, 7) is 7.90. The first-order chi connectivity index (χ1) is 25.2. The highest BCUT2D eigenvalue weighted by molar-refractivity contribution is 6.91. The van der Waals surface area contributed by atoms with Crippen LogP contribution in [0.15, 0.2) is 109 Å². The third kappa shape index (κ3) is 6.22. The average molecular weight is 716 g/mol. The summed E-state index contributed by atoms with van der Waals surface area (Å²) in [6, 6.07) is 33.7. The Morgan fingerprint density at radius 3 is 2.35 bits per heavy atom. The summed E-state index contributed by atoms with van der Waals surface area (Å²) < 4.78 is 14.6. The standard InChI is InChI=1S/C41H45N5O5Si/c1-29-39(52(3,4)35-20-18-34(50-2)19-21-35)38(22-24-44-27-31(23-25-47)42-43-44)51-41(29)36-12-8-9-13-37(36)45(40(41)49)26-30-14-16-33(17-15-30)46(28-48)32-10-6-5-7-11-32/h5-21,27-29,38-39,47H,22-26H2,1-4H3/t29-,38+,39-,41+/m0/s1. The fourth-order valence-corrected chi connectivity index (χ4v) is 12.5. The number of carbonyl (C=O) groups is 2. The Morgan fingerprint density at radius 1 is 0.962 bits per heavy atom. The maximum absolute atomic E-state index is 15.1. The number of carbonyl (C=O) groups excluding carboxylic acids is 2. The molecule has 268 valence electrons. The van der Waals surface area contributed by atoms with Crippen molar-refractivity contribution in [1.82, 2.24) is 15.0 Å². The number of hydrogen-bond acceptors (Lipinski definition) is 7. The molecule has 2 aliphatic heterocycles. The molecule has 0 aliphatic carbocycles. The number of hydrogen-bond donors (Lipinski definition) is 1. The monoisotopic (exact) mass is 715 g/mol. The van der Waals surface area contributed by atoms with Crippen molar-refractivity contribution in [3.8, 4) is 5.75 Å². The van der Waals surface area contributed by atoms with Crippen LogP contribution in [0.25, 0.3) is 0 Å². The van der Waals surface area contributed by atoms with Crippen molar-refractivity contribution < 1.29 is 24.2 Å². The Labute approximate surface area is 305 Å². The van der Waals surface area contributed by atoms with Crippen LogP contribution in [0.5, 0.6) is 5.75 Å². The second-order valence-electron chi connectivity index (χ2n) is 14.3. The number of benzene rings is 4. The fourth-order valence-electron chi connectivity index (χ4n) is 8.43. The van der Waals surface area contributed by atoms with Gasteiger partial charge in [0.2, 0.25) is 6.41 Å². The predicted octanol–water partition coefficient (Wildman–Crippen LogP) is 5.97. The maximum atomic E-state index is 15.1. The zero-order valence-electron chi connectivity index (χ0n) is 30.1. The Hall–Kier alpha value is -5.10. The highest BCUT2D eigenvalue weighted by Crippen LogP contribution is 2.60. The Kier molecular flexibility index (Phi) is 9.84. The van der Waals surface area contributed by atoms with E-state index in [9.17, 15) is 9.90 Å². The summed E-state index contributed by atoms with van der Waals surface area (Å²) in [5.41, 5.74) is 3.90. The van der Waals surface area contributed by atoms with E-state index in [2.05, 4.69) is 48.5 Å². The molecule has 11 heteroatoms. The van der Waals surface area contributed by atoms with E-state index >= 15 is 4.79 Å². The number of aliphatic hydroxyl groups excluding tert-OH is 1. The van der Waals surface area contributed by atoms with E-state index in [0.717, 1.165) is 46.0 Å². The fraction of sp³-hybridized carbons (Fsp3) is 0.317. The number of rotatable bonds is 13. The van der Waals surface area contributed by atoms with Gasteiger partial charge in [-0.2, -0.15) is 0 Å². The lowest BCUT2D eigenvalue weighted by atomic mass is 9.82. The van der Waals surface area contributed by atoms with Gasteiger partial charge >= 0.3 is 0 Å². The van der Waals surface area contributed by atoms with Crippen LogP contribution >= 0.6 is 0 Å². The van der Waals surface area contributed by atoms with Crippen molar-refractivity contribution >= 4 is 42.6 Å². The van der Waals surface area contributed by atoms with Crippen molar-refractivity contribution in [1.29, 1.82) is 0 Å². The number of nitrogens with zero attached hydrogens (tertiary/aromatic N) is 5. The van der Waals surface area contributed by atoms with Gasteiger partial charge in [-0.15, -0.1) is 5.10 Å². The molecule has 3 heterocycles. The molecule has 4 aromatic carbocycles. The van der Waals surface area contributed by atoms with E-state index in [1.807, 2.05) is 101 Å². The SMILES string of the molecule is COc1ccc([Si](C)(C)[C@@H]2[C@@H](CCn3cc(CCO)nn3)O[C@]3(C(=O)N(Cc4ccc(N(C=O)c5ccccc5)cc4)c4ccccc43)[C@H]2C)cc1. The smallest absolute Gasteiger partial charge is 0.264 e. The molecule has 2 aliphatic rings. The topological polar surface area (TPSA) is 110 Å². The highest BCUT2D eigenvalue weighted by atomic mass is 28.3. The number of aromatic nitrogens is 3. The van der Waals surface area contributed by atoms with Crippen molar-refractivity contribution in [2.45, 2.75) is 63.2 Å². The molecule has 2 amide bonds. The van der Waals surface area contributed by atoms with E-state index in [4.69, 9.17) is 9.47 Å². The summed E-state index contributed by atoms with van der Waals surface area (Å²) in [7, 11) is -0.631. The molecule has 7 rings (SSSR count). The Balaban J connectivity index is 1.22. The minimum absolute atomic E-state index is 0.0151. The van der Waals surface area contributed by atoms with Gasteiger partial charge in [-0.25, -0.2) is 0 Å². The summed E-state index contributed by atoms with van der Waals surface area (Å²) in [5.74, 6) is 0.627. The molecule has 0 bridgehead atoms. The third-order valence-corrected chi connectivity index (χ3v) is 15.4. The van der Waals surface area contributed by atoms with E-state index < -0.39 is 13.7 Å². The van der Waals surface area contributed by atoms with Gasteiger partial charge in [0.25, 0.3) is 5.91 Å². The van der Waals surface area contributed by atoms with Crippen LogP contribution < -0.4 is 19.7 Å². The molecule has 1 saturated heterocycles. The maximum Gasteiger partial charge on any atom is 0.264 e. The van der Waals surface area contributed by atoms with Crippen molar-refractivity contribution in [2.24, 2.45) is 5.92 Å². The number of anilines is 3. The van der Waals surface area contributed by atoms with E-state index in [1.165, 1.54) is 5.19 Å². The normalized spacial score (nSPS) is 21.1. The van der Waals surface area contributed by atoms with Gasteiger partial charge in [-0.05, 0) is 60.0 Å². The quantitative estimate of drug-likeness (QED) is 0.118. The zero-order chi connectivity index (χ0) is 36.5. The minimum Gasteiger partial charge on any atom is -0.497 e. The van der Waals surface area contributed by atoms with Crippen molar-refractivity contribution in [3.63, 3.8) is 0 Å². The summed E-state index contributed by atoms with van der Waals surface area (Å²) in [6.07, 6.45) is 3.56. The highest BCUT2D eigenvalue weighted by Gasteiger charge is 2.66. The molecule has 1 aromatic heterocycles. The Morgan fingerprint density at radius 2 is 1.65 bits per heavy atom. The van der Waals surface area contributed by atoms with Gasteiger partial charge in [-0.3, -0.25) is 19.2 Å². The third-order valence-electron chi connectivity index (χ3n) is 11.0. The van der Waals surface area contributed by atoms with Crippen molar-refractivity contribution in [3.05, 3.63) is 126 Å². The Bertz CT molecular complexity index is 2020. The lowest BCUT2D eigenvalue weighted by Gasteiger charge is -2.37. The minimum atomic E-state index is -2.31. The largest absolute Gasteiger partial charge is 0.497 e. The van der Waals surface area contributed by atoms with E-state index in [-0.39, 0.29) is 30.1 Å². The van der Waals surface area contributed by atoms with Crippen LogP contribution in [0.1, 0.15) is 30.2 Å². The number of ether oxygens (including phenoxy) is 2. The lowest BCUT2D eigenvalue weighted by Crippen LogP contribution is -2.51. The molecule has 1 N–H and O–H groups in total. The van der Waals surface area contributed by atoms with Crippen LogP contribution in [0, 0.1) is 5.92 Å². The molecule has 1 spiro atoms. The summed E-state index contributed by atoms with van der Waals surface area (Å²) in [4.78, 5) is 30.6. The van der Waals surface area contributed by atoms with Crippen LogP contribution in [-0.2, 0) is 39.4 Å². The van der Waals surface area contributed by atoms with Crippen LogP contribution in [0.4, 0.5) is 17.1 Å². The predicted molar refractivity (Wildman–Crippen MR) is 204 cm³/mol. The molecule has 1 fully saturated rings. The van der Waals surface area contributed by atoms with Crippen LogP contribution in [-0.4, -0.2) is 60.3 Å². The molecule has 0 radical (unpaired) electrons. The second kappa shape index (κ2) is 14.5. The van der Waals surface area contributed by atoms with Gasteiger partial charge < -0.3 is 19.5 Å². The first-order valence-electron chi connectivity index (χ1n) is 17.8. The van der Waals surface area contributed by atoms with Gasteiger partial charge in [0.05, 0.1) is 39.2 Å². The molecular weight excluding hydrogens is 671 g/mol. The first kappa shape index (κ1) is 35.3. The van der Waals surface area contributed by atoms with Gasteiger partial charge in [0, 0.05) is 48.6 Å². The van der Waals surface area contributed by atoms with Crippen molar-refractivity contribution in [2.75, 3.05) is 23.5 Å². The molecule has 10 nitrogen and oxygen atoms in total. The number of aliphatic hydroxyl groups is 1. The summed E-state index contributed by atoms with van der Waals surface area (Å²) >= 11 is 0. The number of methoxy groups -OCH3 is 1. The molecule has 4 atom stereocenters. The van der Waals surface area contributed by atoms with E-state index in [1.54, 1.807) is 12.0 Å². The van der Waals surface area contributed by atoms with Crippen LogP contribution in [0.3, 0.4) is 0 Å². The average Bonchev–Trinajstić information content (AvgIpc) is 3.82. The second-order valence-corrected chi connectivity index (χ2v) is 19.0. The van der Waals surface area contributed by atoms with Gasteiger partial charge in [-0.1, -0.05) is 91.1 Å². The number of fused-ring (bicyclic) bond motifs is 2. The lowest BCUT2D eigenvalue weighted by molar-refractivity contribution is -0.146. The number of amides is 2. The molecule has 0 saturated carbocycles. The van der Waals surface area contributed by atoms with Crippen LogP contribution in [0.2, 0.25) is 18.6 Å².